The van der Waals surface area contributed by atoms with Crippen molar-refractivity contribution in [3.63, 3.8) is 0 Å². The molecule has 2 amide bonds. The summed E-state index contributed by atoms with van der Waals surface area (Å²) in [6.45, 7) is 5.12. The molecule has 4 rings (SSSR count). The minimum atomic E-state index is -0.172. The van der Waals surface area contributed by atoms with Crippen LogP contribution in [0.2, 0.25) is 0 Å². The Labute approximate surface area is 200 Å². The molecule has 2 aliphatic rings. The van der Waals surface area contributed by atoms with E-state index in [9.17, 15) is 9.59 Å². The zero-order valence-corrected chi connectivity index (χ0v) is 20.6. The average Bonchev–Trinajstić information content (AvgIpc) is 3.52. The molecule has 0 radical (unpaired) electrons. The van der Waals surface area contributed by atoms with Crippen LogP contribution >= 0.6 is 11.3 Å². The van der Waals surface area contributed by atoms with Crippen LogP contribution in [0.15, 0.2) is 35.7 Å². The molecule has 1 aromatic carbocycles. The molecule has 178 valence electrons. The third kappa shape index (κ3) is 5.35. The second kappa shape index (κ2) is 10.6. The van der Waals surface area contributed by atoms with Crippen molar-refractivity contribution in [3.8, 4) is 11.5 Å². The van der Waals surface area contributed by atoms with Crippen LogP contribution in [0.1, 0.15) is 56.0 Å². The van der Waals surface area contributed by atoms with E-state index >= 15 is 0 Å². The first-order valence-electron chi connectivity index (χ1n) is 11.9. The van der Waals surface area contributed by atoms with Crippen LogP contribution in [0.25, 0.3) is 0 Å². The molecular weight excluding hydrogens is 436 g/mol. The Balaban J connectivity index is 1.50. The van der Waals surface area contributed by atoms with Crippen molar-refractivity contribution in [1.82, 2.24) is 9.80 Å². The molecule has 1 unspecified atom stereocenters. The van der Waals surface area contributed by atoms with Crippen molar-refractivity contribution in [2.24, 2.45) is 5.92 Å². The van der Waals surface area contributed by atoms with Gasteiger partial charge in [-0.15, -0.1) is 11.3 Å². The van der Waals surface area contributed by atoms with Crippen molar-refractivity contribution < 1.29 is 19.1 Å². The van der Waals surface area contributed by atoms with Gasteiger partial charge >= 0.3 is 0 Å². The Hall–Kier alpha value is -2.54. The van der Waals surface area contributed by atoms with Crippen molar-refractivity contribution >= 4 is 23.2 Å². The normalized spacial score (nSPS) is 18.3. The maximum absolute atomic E-state index is 13.5. The lowest BCUT2D eigenvalue weighted by Crippen LogP contribution is -2.50. The van der Waals surface area contributed by atoms with Crippen LogP contribution in [0.4, 0.5) is 0 Å². The molecule has 6 nitrogen and oxygen atoms in total. The monoisotopic (exact) mass is 470 g/mol. The van der Waals surface area contributed by atoms with Crippen molar-refractivity contribution in [2.45, 2.75) is 58.0 Å². The Morgan fingerprint density at radius 1 is 1.18 bits per heavy atom. The third-order valence-electron chi connectivity index (χ3n) is 6.78. The van der Waals surface area contributed by atoms with Gasteiger partial charge in [-0.1, -0.05) is 18.9 Å². The predicted octanol–water partition coefficient (Wildman–Crippen LogP) is 4.69. The highest BCUT2D eigenvalue weighted by atomic mass is 32.1. The molecule has 1 aliphatic carbocycles. The van der Waals surface area contributed by atoms with E-state index in [0.717, 1.165) is 43.4 Å². The number of fused-ring (bicyclic) bond motifs is 1. The Bertz CT molecular complexity index is 967. The largest absolute Gasteiger partial charge is 0.497 e. The van der Waals surface area contributed by atoms with Crippen LogP contribution in [-0.4, -0.2) is 54.5 Å². The predicted molar refractivity (Wildman–Crippen MR) is 130 cm³/mol. The van der Waals surface area contributed by atoms with Gasteiger partial charge in [-0.25, -0.2) is 0 Å². The SMILES string of the molecule is COc1cccc(OCC2c3ccsc3CCN2C(=O)CN(C(=O)C2CCCC2)C(C)C)c1. The molecule has 0 N–H and O–H groups in total. The number of hydrogen-bond donors (Lipinski definition) is 0. The van der Waals surface area contributed by atoms with E-state index < -0.39 is 0 Å². The summed E-state index contributed by atoms with van der Waals surface area (Å²) >= 11 is 1.73. The van der Waals surface area contributed by atoms with Gasteiger partial charge in [0.25, 0.3) is 0 Å². The van der Waals surface area contributed by atoms with Gasteiger partial charge in [0, 0.05) is 29.4 Å². The Morgan fingerprint density at radius 3 is 2.67 bits per heavy atom. The number of nitrogens with zero attached hydrogens (tertiary/aromatic N) is 2. The summed E-state index contributed by atoms with van der Waals surface area (Å²) < 4.78 is 11.4. The second-order valence-electron chi connectivity index (χ2n) is 9.18. The number of carbonyl (C=O) groups excluding carboxylic acids is 2. The van der Waals surface area contributed by atoms with Gasteiger partial charge in [0.15, 0.2) is 0 Å². The highest BCUT2D eigenvalue weighted by Gasteiger charge is 2.35. The minimum absolute atomic E-state index is 0.00460. The summed E-state index contributed by atoms with van der Waals surface area (Å²) in [7, 11) is 1.63. The van der Waals surface area contributed by atoms with Crippen molar-refractivity contribution in [3.05, 3.63) is 46.2 Å². The summed E-state index contributed by atoms with van der Waals surface area (Å²) in [5.41, 5.74) is 1.15. The van der Waals surface area contributed by atoms with Gasteiger partial charge in [-0.05, 0) is 62.3 Å². The van der Waals surface area contributed by atoms with E-state index in [1.807, 2.05) is 43.0 Å². The van der Waals surface area contributed by atoms with Gasteiger partial charge in [0.2, 0.25) is 11.8 Å². The first-order valence-corrected chi connectivity index (χ1v) is 12.8. The number of hydrogen-bond acceptors (Lipinski definition) is 5. The molecular formula is C26H34N2O4S. The van der Waals surface area contributed by atoms with E-state index in [1.165, 1.54) is 4.88 Å². The topological polar surface area (TPSA) is 59.1 Å². The standard InChI is InChI=1S/C26H34N2O4S/c1-18(2)28(26(30)19-7-4-5-8-19)16-25(29)27-13-11-24-22(12-14-33-24)23(27)17-32-21-10-6-9-20(15-21)31-3/h6,9-10,12,14-15,18-19,23H,4-5,7-8,11,13,16-17H2,1-3H3. The molecule has 2 heterocycles. The fraction of sp³-hybridized carbons (Fsp3) is 0.538. The number of rotatable bonds is 8. The summed E-state index contributed by atoms with van der Waals surface area (Å²) in [5, 5.41) is 2.08. The molecule has 33 heavy (non-hydrogen) atoms. The van der Waals surface area contributed by atoms with E-state index in [1.54, 1.807) is 23.3 Å². The van der Waals surface area contributed by atoms with Crippen LogP contribution in [0.3, 0.4) is 0 Å². The van der Waals surface area contributed by atoms with Gasteiger partial charge in [0.1, 0.15) is 24.7 Å². The van der Waals surface area contributed by atoms with Crippen LogP contribution in [-0.2, 0) is 16.0 Å². The molecule has 0 spiro atoms. The number of benzene rings is 1. The summed E-state index contributed by atoms with van der Waals surface area (Å²) in [6, 6.07) is 9.44. The molecule has 0 saturated heterocycles. The van der Waals surface area contributed by atoms with Gasteiger partial charge < -0.3 is 19.3 Å². The lowest BCUT2D eigenvalue weighted by atomic mass is 10.00. The van der Waals surface area contributed by atoms with E-state index in [2.05, 4.69) is 11.4 Å². The van der Waals surface area contributed by atoms with E-state index in [4.69, 9.17) is 9.47 Å². The molecule has 1 aliphatic heterocycles. The molecule has 2 aromatic rings. The quantitative estimate of drug-likeness (QED) is 0.562. The van der Waals surface area contributed by atoms with Gasteiger partial charge in [0.05, 0.1) is 13.2 Å². The highest BCUT2D eigenvalue weighted by Crippen LogP contribution is 2.35. The van der Waals surface area contributed by atoms with Crippen LogP contribution in [0.5, 0.6) is 11.5 Å². The van der Waals surface area contributed by atoms with Gasteiger partial charge in [-0.3, -0.25) is 9.59 Å². The smallest absolute Gasteiger partial charge is 0.242 e. The zero-order chi connectivity index (χ0) is 23.4. The van der Waals surface area contributed by atoms with E-state index in [-0.39, 0.29) is 36.4 Å². The first-order chi connectivity index (χ1) is 16.0. The molecule has 0 bridgehead atoms. The Kier molecular flexibility index (Phi) is 7.58. The maximum Gasteiger partial charge on any atom is 0.242 e. The second-order valence-corrected chi connectivity index (χ2v) is 10.2. The van der Waals surface area contributed by atoms with Crippen molar-refractivity contribution in [1.29, 1.82) is 0 Å². The number of carbonyl (C=O) groups is 2. The van der Waals surface area contributed by atoms with E-state index in [0.29, 0.717) is 18.9 Å². The molecule has 1 saturated carbocycles. The fourth-order valence-corrected chi connectivity index (χ4v) is 5.83. The lowest BCUT2D eigenvalue weighted by Gasteiger charge is -2.38. The number of thiophene rings is 1. The minimum Gasteiger partial charge on any atom is -0.497 e. The first kappa shape index (κ1) is 23.6. The summed E-state index contributed by atoms with van der Waals surface area (Å²) in [4.78, 5) is 31.7. The molecule has 7 heteroatoms. The fourth-order valence-electron chi connectivity index (χ4n) is 4.90. The zero-order valence-electron chi connectivity index (χ0n) is 19.8. The average molecular weight is 471 g/mol. The molecule has 1 aromatic heterocycles. The molecule has 1 fully saturated rings. The third-order valence-corrected chi connectivity index (χ3v) is 7.78. The maximum atomic E-state index is 13.5. The highest BCUT2D eigenvalue weighted by molar-refractivity contribution is 7.10. The number of amides is 2. The van der Waals surface area contributed by atoms with Crippen LogP contribution < -0.4 is 9.47 Å². The summed E-state index contributed by atoms with van der Waals surface area (Å²) in [6.07, 6.45) is 4.93. The summed E-state index contributed by atoms with van der Waals surface area (Å²) in [5.74, 6) is 1.64. The van der Waals surface area contributed by atoms with Gasteiger partial charge in [-0.2, -0.15) is 0 Å². The Morgan fingerprint density at radius 2 is 1.94 bits per heavy atom. The van der Waals surface area contributed by atoms with Crippen LogP contribution in [0, 0.1) is 5.92 Å². The number of methoxy groups -OCH3 is 1. The molecule has 1 atom stereocenters. The van der Waals surface area contributed by atoms with Crippen molar-refractivity contribution in [2.75, 3.05) is 26.8 Å². The lowest BCUT2D eigenvalue weighted by molar-refractivity contribution is -0.146. The number of ether oxygens (including phenoxy) is 2.